The lowest BCUT2D eigenvalue weighted by molar-refractivity contribution is -0.164. The predicted octanol–water partition coefficient (Wildman–Crippen LogP) is 3.59. The molecule has 4 rings (SSSR count). The molecule has 7 nitrogen and oxygen atoms in total. The fraction of sp³-hybridized carbons (Fsp3) is 0.346. The van der Waals surface area contributed by atoms with Gasteiger partial charge in [-0.1, -0.05) is 36.4 Å². The minimum absolute atomic E-state index is 0.289. The summed E-state index contributed by atoms with van der Waals surface area (Å²) in [4.78, 5) is 41.0. The largest absolute Gasteiger partial charge is 0.458 e. The fourth-order valence-electron chi connectivity index (χ4n) is 4.26. The van der Waals surface area contributed by atoms with Crippen molar-refractivity contribution in [3.8, 4) is 0 Å². The third-order valence-corrected chi connectivity index (χ3v) is 5.77. The predicted molar refractivity (Wildman–Crippen MR) is 126 cm³/mol. The van der Waals surface area contributed by atoms with Crippen LogP contribution < -0.4 is 5.32 Å². The van der Waals surface area contributed by atoms with Crippen molar-refractivity contribution in [2.75, 3.05) is 6.54 Å². The van der Waals surface area contributed by atoms with Crippen LogP contribution in [0.15, 0.2) is 60.8 Å². The van der Waals surface area contributed by atoms with E-state index in [0.29, 0.717) is 24.1 Å². The average Bonchev–Trinajstić information content (AvgIpc) is 3.31. The molecule has 2 unspecified atom stereocenters. The second-order valence-electron chi connectivity index (χ2n) is 9.36. The summed E-state index contributed by atoms with van der Waals surface area (Å²) >= 11 is 0. The van der Waals surface area contributed by atoms with Crippen molar-refractivity contribution < 1.29 is 19.1 Å². The standard InChI is InChI=1S/C26H29N3O4/c1-26(2,3)33-25(32)22(17-9-6-5-7-10-17)29-16-14-20(24(29)31)27-23(30)19-11-8-12-21-18(19)13-15-28(21)4/h5-13,15,20,22H,14,16H2,1-4H3,(H,27,30). The van der Waals surface area contributed by atoms with E-state index in [-0.39, 0.29) is 11.8 Å². The molecule has 0 aliphatic carbocycles. The summed E-state index contributed by atoms with van der Waals surface area (Å²) in [7, 11) is 1.92. The number of esters is 1. The molecule has 0 spiro atoms. The molecule has 0 bridgehead atoms. The van der Waals surface area contributed by atoms with Crippen molar-refractivity contribution in [3.63, 3.8) is 0 Å². The first-order valence-electron chi connectivity index (χ1n) is 11.1. The number of aryl methyl sites for hydroxylation is 1. The van der Waals surface area contributed by atoms with Gasteiger partial charge in [0.2, 0.25) is 5.91 Å². The monoisotopic (exact) mass is 447 g/mol. The number of carbonyl (C=O) groups excluding carboxylic acids is 3. The lowest BCUT2D eigenvalue weighted by atomic mass is 10.0. The number of nitrogens with zero attached hydrogens (tertiary/aromatic N) is 2. The summed E-state index contributed by atoms with van der Waals surface area (Å²) in [5.74, 6) is -1.08. The molecule has 3 aromatic rings. The third kappa shape index (κ3) is 4.62. The van der Waals surface area contributed by atoms with Crippen LogP contribution in [0.3, 0.4) is 0 Å². The number of rotatable bonds is 5. The normalized spacial score (nSPS) is 17.3. The van der Waals surface area contributed by atoms with Crippen molar-refractivity contribution in [1.82, 2.24) is 14.8 Å². The van der Waals surface area contributed by atoms with Gasteiger partial charge < -0.3 is 19.5 Å². The molecule has 2 heterocycles. The molecule has 33 heavy (non-hydrogen) atoms. The first-order valence-corrected chi connectivity index (χ1v) is 11.1. The number of amides is 2. The molecule has 1 saturated heterocycles. The van der Waals surface area contributed by atoms with Crippen LogP contribution in [-0.2, 0) is 21.4 Å². The Morgan fingerprint density at radius 1 is 1.06 bits per heavy atom. The Bertz CT molecular complexity index is 1190. The van der Waals surface area contributed by atoms with Gasteiger partial charge in [0.05, 0.1) is 0 Å². The van der Waals surface area contributed by atoms with Crippen molar-refractivity contribution >= 4 is 28.7 Å². The van der Waals surface area contributed by atoms with E-state index < -0.39 is 23.7 Å². The van der Waals surface area contributed by atoms with E-state index in [2.05, 4.69) is 5.32 Å². The van der Waals surface area contributed by atoms with Crippen LogP contribution in [0.25, 0.3) is 10.9 Å². The minimum atomic E-state index is -0.864. The Labute approximate surface area is 193 Å². The third-order valence-electron chi connectivity index (χ3n) is 5.77. The lowest BCUT2D eigenvalue weighted by Gasteiger charge is -2.30. The van der Waals surface area contributed by atoms with Gasteiger partial charge in [0, 0.05) is 36.3 Å². The number of nitrogens with one attached hydrogen (secondary N) is 1. The highest BCUT2D eigenvalue weighted by molar-refractivity contribution is 6.08. The van der Waals surface area contributed by atoms with E-state index >= 15 is 0 Å². The number of likely N-dealkylation sites (tertiary alicyclic amines) is 1. The van der Waals surface area contributed by atoms with Crippen LogP contribution in [-0.4, -0.2) is 45.4 Å². The highest BCUT2D eigenvalue weighted by Gasteiger charge is 2.42. The van der Waals surface area contributed by atoms with Gasteiger partial charge in [-0.05, 0) is 51.0 Å². The maximum atomic E-state index is 13.3. The number of ether oxygens (including phenoxy) is 1. The van der Waals surface area contributed by atoms with E-state index in [1.54, 1.807) is 26.8 Å². The summed E-state index contributed by atoms with van der Waals surface area (Å²) in [5, 5.41) is 3.71. The van der Waals surface area contributed by atoms with E-state index in [9.17, 15) is 14.4 Å². The summed E-state index contributed by atoms with van der Waals surface area (Å²) in [6.45, 7) is 5.74. The van der Waals surface area contributed by atoms with Gasteiger partial charge in [0.1, 0.15) is 11.6 Å². The number of benzene rings is 2. The number of hydrogen-bond acceptors (Lipinski definition) is 4. The summed E-state index contributed by atoms with van der Waals surface area (Å²) < 4.78 is 7.57. The molecule has 2 amide bonds. The van der Waals surface area contributed by atoms with Crippen LogP contribution in [0.5, 0.6) is 0 Å². The number of hydrogen-bond donors (Lipinski definition) is 1. The summed E-state index contributed by atoms with van der Waals surface area (Å²) in [6.07, 6.45) is 2.32. The molecule has 1 aliphatic rings. The van der Waals surface area contributed by atoms with Crippen LogP contribution in [0, 0.1) is 0 Å². The molecule has 172 valence electrons. The molecule has 0 radical (unpaired) electrons. The van der Waals surface area contributed by atoms with E-state index in [0.717, 1.165) is 10.9 Å². The average molecular weight is 448 g/mol. The van der Waals surface area contributed by atoms with Gasteiger partial charge in [-0.15, -0.1) is 0 Å². The maximum Gasteiger partial charge on any atom is 0.334 e. The van der Waals surface area contributed by atoms with Crippen LogP contribution in [0.2, 0.25) is 0 Å². The Balaban J connectivity index is 1.56. The fourth-order valence-corrected chi connectivity index (χ4v) is 4.26. The topological polar surface area (TPSA) is 80.6 Å². The molecule has 0 saturated carbocycles. The molecule has 1 aromatic heterocycles. The van der Waals surface area contributed by atoms with E-state index in [1.165, 1.54) is 4.90 Å². The highest BCUT2D eigenvalue weighted by atomic mass is 16.6. The van der Waals surface area contributed by atoms with Crippen molar-refractivity contribution in [2.24, 2.45) is 7.05 Å². The Morgan fingerprint density at radius 2 is 1.79 bits per heavy atom. The van der Waals surface area contributed by atoms with Crippen LogP contribution in [0.1, 0.15) is 49.2 Å². The molecule has 1 fully saturated rings. The number of aromatic nitrogens is 1. The Morgan fingerprint density at radius 3 is 2.48 bits per heavy atom. The van der Waals surface area contributed by atoms with Gasteiger partial charge in [0.25, 0.3) is 5.91 Å². The molecule has 2 aromatic carbocycles. The highest BCUT2D eigenvalue weighted by Crippen LogP contribution is 2.29. The lowest BCUT2D eigenvalue weighted by Crippen LogP contribution is -2.45. The Kier molecular flexibility index (Phi) is 5.97. The van der Waals surface area contributed by atoms with Gasteiger partial charge in [-0.3, -0.25) is 9.59 Å². The number of carbonyl (C=O) groups is 3. The smallest absolute Gasteiger partial charge is 0.334 e. The van der Waals surface area contributed by atoms with E-state index in [1.807, 2.05) is 66.3 Å². The quantitative estimate of drug-likeness (QED) is 0.606. The van der Waals surface area contributed by atoms with Crippen molar-refractivity contribution in [3.05, 3.63) is 71.9 Å². The van der Waals surface area contributed by atoms with Crippen LogP contribution >= 0.6 is 0 Å². The second-order valence-corrected chi connectivity index (χ2v) is 9.36. The maximum absolute atomic E-state index is 13.3. The zero-order chi connectivity index (χ0) is 23.8. The van der Waals surface area contributed by atoms with Gasteiger partial charge in [0.15, 0.2) is 6.04 Å². The summed E-state index contributed by atoms with van der Waals surface area (Å²) in [6, 6.07) is 15.0. The molecular formula is C26H29N3O4. The van der Waals surface area contributed by atoms with Gasteiger partial charge in [-0.2, -0.15) is 0 Å². The molecular weight excluding hydrogens is 418 g/mol. The Hall–Kier alpha value is -3.61. The second kappa shape index (κ2) is 8.73. The molecule has 1 N–H and O–H groups in total. The van der Waals surface area contributed by atoms with Crippen molar-refractivity contribution in [1.29, 1.82) is 0 Å². The van der Waals surface area contributed by atoms with Crippen LogP contribution in [0.4, 0.5) is 0 Å². The zero-order valence-electron chi connectivity index (χ0n) is 19.4. The van der Waals surface area contributed by atoms with Gasteiger partial charge in [-0.25, -0.2) is 4.79 Å². The number of fused-ring (bicyclic) bond motifs is 1. The summed E-state index contributed by atoms with van der Waals surface area (Å²) in [5.41, 5.74) is 1.46. The zero-order valence-corrected chi connectivity index (χ0v) is 19.4. The SMILES string of the molecule is Cn1ccc2c(C(=O)NC3CCN(C(C(=O)OC(C)(C)C)c4ccccc4)C3=O)cccc21. The first kappa shape index (κ1) is 22.6. The minimum Gasteiger partial charge on any atom is -0.458 e. The molecule has 2 atom stereocenters. The molecule has 1 aliphatic heterocycles. The van der Waals surface area contributed by atoms with Crippen molar-refractivity contribution in [2.45, 2.75) is 44.9 Å². The van der Waals surface area contributed by atoms with Gasteiger partial charge >= 0.3 is 5.97 Å². The molecule has 7 heteroatoms. The first-order chi connectivity index (χ1) is 15.7. The van der Waals surface area contributed by atoms with E-state index in [4.69, 9.17) is 4.74 Å².